The van der Waals surface area contributed by atoms with Gasteiger partial charge < -0.3 is 10.4 Å². The molecule has 2 N–H and O–H groups in total. The van der Waals surface area contributed by atoms with Crippen LogP contribution in [-0.4, -0.2) is 23.0 Å². The summed E-state index contributed by atoms with van der Waals surface area (Å²) in [4.78, 5) is 23.7. The standard InChI is InChI=1S/C21H33NO3/c1-5-6-7-8-9-10-11-18(20(24)25)22-19(23)16-12-14-17(15-13-16)21(2,3)4/h12-15,18H,5-11H2,1-4H3,(H,22,23)(H,24,25)/t18-/m0/s1. The molecule has 1 aromatic carbocycles. The summed E-state index contributed by atoms with van der Waals surface area (Å²) >= 11 is 0. The van der Waals surface area contributed by atoms with Crippen LogP contribution in [0, 0.1) is 0 Å². The Morgan fingerprint density at radius 1 is 1.00 bits per heavy atom. The van der Waals surface area contributed by atoms with Gasteiger partial charge in [0.15, 0.2) is 0 Å². The Labute approximate surface area is 152 Å². The van der Waals surface area contributed by atoms with Crippen LogP contribution in [0.1, 0.15) is 88.6 Å². The molecule has 0 heterocycles. The van der Waals surface area contributed by atoms with E-state index in [9.17, 15) is 14.7 Å². The lowest BCUT2D eigenvalue weighted by Gasteiger charge is -2.19. The van der Waals surface area contributed by atoms with Crippen molar-refractivity contribution in [3.8, 4) is 0 Å². The first-order valence-electron chi connectivity index (χ1n) is 9.40. The van der Waals surface area contributed by atoms with Gasteiger partial charge in [0.2, 0.25) is 0 Å². The Bertz CT molecular complexity index is 543. The molecule has 0 spiro atoms. The normalized spacial score (nSPS) is 12.6. The molecule has 0 aliphatic rings. The van der Waals surface area contributed by atoms with E-state index in [1.165, 1.54) is 19.3 Å². The quantitative estimate of drug-likeness (QED) is 0.591. The van der Waals surface area contributed by atoms with Crippen LogP contribution in [0.5, 0.6) is 0 Å². The van der Waals surface area contributed by atoms with Gasteiger partial charge in [-0.15, -0.1) is 0 Å². The number of hydrogen-bond donors (Lipinski definition) is 2. The molecular formula is C21H33NO3. The van der Waals surface area contributed by atoms with E-state index < -0.39 is 12.0 Å². The summed E-state index contributed by atoms with van der Waals surface area (Å²) < 4.78 is 0. The van der Waals surface area contributed by atoms with Gasteiger partial charge in [-0.05, 0) is 29.5 Å². The van der Waals surface area contributed by atoms with Crippen LogP contribution in [0.3, 0.4) is 0 Å². The van der Waals surface area contributed by atoms with Gasteiger partial charge in [0, 0.05) is 5.56 Å². The van der Waals surface area contributed by atoms with Crippen LogP contribution in [-0.2, 0) is 10.2 Å². The van der Waals surface area contributed by atoms with E-state index in [0.717, 1.165) is 24.8 Å². The molecule has 0 aromatic heterocycles. The van der Waals surface area contributed by atoms with E-state index in [0.29, 0.717) is 12.0 Å². The van der Waals surface area contributed by atoms with Crippen molar-refractivity contribution >= 4 is 11.9 Å². The van der Waals surface area contributed by atoms with Gasteiger partial charge in [0.1, 0.15) is 6.04 Å². The third-order valence-corrected chi connectivity index (χ3v) is 4.46. The van der Waals surface area contributed by atoms with Crippen molar-refractivity contribution in [2.45, 2.75) is 84.1 Å². The summed E-state index contributed by atoms with van der Waals surface area (Å²) in [7, 11) is 0. The van der Waals surface area contributed by atoms with E-state index >= 15 is 0 Å². The van der Waals surface area contributed by atoms with Gasteiger partial charge in [-0.1, -0.05) is 78.4 Å². The Morgan fingerprint density at radius 3 is 2.08 bits per heavy atom. The molecule has 1 rings (SSSR count). The maximum atomic E-state index is 12.3. The summed E-state index contributed by atoms with van der Waals surface area (Å²) in [6, 6.07) is 6.57. The minimum absolute atomic E-state index is 0.0242. The first kappa shape index (κ1) is 21.2. The van der Waals surface area contributed by atoms with Crippen molar-refractivity contribution in [2.75, 3.05) is 0 Å². The highest BCUT2D eigenvalue weighted by molar-refractivity contribution is 5.96. The average Bonchev–Trinajstić information content (AvgIpc) is 2.55. The predicted octanol–water partition coefficient (Wildman–Crippen LogP) is 4.92. The van der Waals surface area contributed by atoms with E-state index in [1.807, 2.05) is 12.1 Å². The molecule has 1 amide bonds. The lowest BCUT2D eigenvalue weighted by molar-refractivity contribution is -0.139. The Hall–Kier alpha value is -1.84. The number of hydrogen-bond acceptors (Lipinski definition) is 2. The average molecular weight is 347 g/mol. The minimum atomic E-state index is -0.965. The highest BCUT2D eigenvalue weighted by atomic mass is 16.4. The maximum absolute atomic E-state index is 12.3. The third-order valence-electron chi connectivity index (χ3n) is 4.46. The molecular weight excluding hydrogens is 314 g/mol. The lowest BCUT2D eigenvalue weighted by Crippen LogP contribution is -2.40. The number of benzene rings is 1. The number of rotatable bonds is 10. The van der Waals surface area contributed by atoms with Crippen LogP contribution in [0.4, 0.5) is 0 Å². The van der Waals surface area contributed by atoms with Crippen molar-refractivity contribution in [3.05, 3.63) is 35.4 Å². The van der Waals surface area contributed by atoms with Crippen molar-refractivity contribution in [1.82, 2.24) is 5.32 Å². The molecule has 4 nitrogen and oxygen atoms in total. The Balaban J connectivity index is 2.54. The van der Waals surface area contributed by atoms with Crippen LogP contribution < -0.4 is 5.32 Å². The predicted molar refractivity (Wildman–Crippen MR) is 102 cm³/mol. The number of carbonyl (C=O) groups excluding carboxylic acids is 1. The Morgan fingerprint density at radius 2 is 1.56 bits per heavy atom. The first-order chi connectivity index (χ1) is 11.8. The van der Waals surface area contributed by atoms with Crippen molar-refractivity contribution in [2.24, 2.45) is 0 Å². The van der Waals surface area contributed by atoms with Gasteiger partial charge in [-0.25, -0.2) is 4.79 Å². The highest BCUT2D eigenvalue weighted by Crippen LogP contribution is 2.22. The number of nitrogens with one attached hydrogen (secondary N) is 1. The zero-order chi connectivity index (χ0) is 18.9. The molecule has 0 fully saturated rings. The number of unbranched alkanes of at least 4 members (excludes halogenated alkanes) is 5. The fourth-order valence-corrected chi connectivity index (χ4v) is 2.75. The summed E-state index contributed by atoms with van der Waals surface area (Å²) in [6.07, 6.45) is 7.06. The van der Waals surface area contributed by atoms with Crippen molar-refractivity contribution in [1.29, 1.82) is 0 Å². The minimum Gasteiger partial charge on any atom is -0.480 e. The van der Waals surface area contributed by atoms with Gasteiger partial charge in [-0.2, -0.15) is 0 Å². The summed E-state index contributed by atoms with van der Waals surface area (Å²) in [6.45, 7) is 8.51. The molecule has 1 aromatic rings. The SMILES string of the molecule is CCCCCCCC[C@H](NC(=O)c1ccc(C(C)(C)C)cc1)C(=O)O. The molecule has 0 radical (unpaired) electrons. The largest absolute Gasteiger partial charge is 0.480 e. The molecule has 0 saturated carbocycles. The number of carbonyl (C=O) groups is 2. The summed E-state index contributed by atoms with van der Waals surface area (Å²) in [5.41, 5.74) is 1.67. The van der Waals surface area contributed by atoms with Gasteiger partial charge in [0.25, 0.3) is 5.91 Å². The second-order valence-corrected chi connectivity index (χ2v) is 7.75. The second kappa shape index (κ2) is 10.2. The molecule has 0 bridgehead atoms. The molecule has 0 unspecified atom stereocenters. The molecule has 0 saturated heterocycles. The molecule has 4 heteroatoms. The molecule has 0 aliphatic heterocycles. The van der Waals surface area contributed by atoms with Crippen molar-refractivity contribution < 1.29 is 14.7 Å². The summed E-state index contributed by atoms with van der Waals surface area (Å²) in [5.74, 6) is -1.29. The Kier molecular flexibility index (Phi) is 8.67. The molecule has 0 aliphatic carbocycles. The smallest absolute Gasteiger partial charge is 0.326 e. The van der Waals surface area contributed by atoms with Gasteiger partial charge in [0.05, 0.1) is 0 Å². The topological polar surface area (TPSA) is 66.4 Å². The first-order valence-corrected chi connectivity index (χ1v) is 9.40. The zero-order valence-electron chi connectivity index (χ0n) is 16.1. The third kappa shape index (κ3) is 7.72. The van der Waals surface area contributed by atoms with Gasteiger partial charge in [-0.3, -0.25) is 4.79 Å². The molecule has 25 heavy (non-hydrogen) atoms. The monoisotopic (exact) mass is 347 g/mol. The van der Waals surface area contributed by atoms with Gasteiger partial charge >= 0.3 is 5.97 Å². The van der Waals surface area contributed by atoms with Crippen LogP contribution in [0.2, 0.25) is 0 Å². The second-order valence-electron chi connectivity index (χ2n) is 7.75. The highest BCUT2D eigenvalue weighted by Gasteiger charge is 2.21. The van der Waals surface area contributed by atoms with E-state index in [1.54, 1.807) is 12.1 Å². The van der Waals surface area contributed by atoms with Crippen LogP contribution in [0.15, 0.2) is 24.3 Å². The fraction of sp³-hybridized carbons (Fsp3) is 0.619. The van der Waals surface area contributed by atoms with E-state index in [4.69, 9.17) is 0 Å². The van der Waals surface area contributed by atoms with Crippen LogP contribution in [0.25, 0.3) is 0 Å². The zero-order valence-corrected chi connectivity index (χ0v) is 16.1. The summed E-state index contributed by atoms with van der Waals surface area (Å²) in [5, 5.41) is 12.0. The number of carboxylic acids is 1. The number of amides is 1. The number of aliphatic carboxylic acids is 1. The van der Waals surface area contributed by atoms with E-state index in [-0.39, 0.29) is 11.3 Å². The number of carboxylic acid groups (broad SMARTS) is 1. The van der Waals surface area contributed by atoms with Crippen molar-refractivity contribution in [3.63, 3.8) is 0 Å². The lowest BCUT2D eigenvalue weighted by atomic mass is 9.86. The van der Waals surface area contributed by atoms with E-state index in [2.05, 4.69) is 33.0 Å². The molecule has 1 atom stereocenters. The molecule has 140 valence electrons. The van der Waals surface area contributed by atoms with Crippen LogP contribution >= 0.6 is 0 Å². The maximum Gasteiger partial charge on any atom is 0.326 e. The fourth-order valence-electron chi connectivity index (χ4n) is 2.75.